The van der Waals surface area contributed by atoms with Gasteiger partial charge in [0.15, 0.2) is 12.0 Å². The van der Waals surface area contributed by atoms with Crippen molar-refractivity contribution in [1.29, 1.82) is 5.26 Å². The number of carbonyl (C=O) groups is 1. The Hall–Kier alpha value is -0.880. The van der Waals surface area contributed by atoms with Gasteiger partial charge in [-0.15, -0.1) is 0 Å². The Morgan fingerprint density at radius 3 is 2.67 bits per heavy atom. The van der Waals surface area contributed by atoms with Crippen LogP contribution in [0.15, 0.2) is 22.6 Å². The molecule has 90 valence electrons. The number of hydrogen-bond acceptors (Lipinski definition) is 3. The lowest BCUT2D eigenvalue weighted by Crippen LogP contribution is -1.94. The number of rotatable bonds is 2. The minimum absolute atomic E-state index is 0.304. The average Bonchev–Trinajstić information content (AvgIpc) is 2.82. The predicted molar refractivity (Wildman–Crippen MR) is 84.4 cm³/mol. The van der Waals surface area contributed by atoms with Gasteiger partial charge in [0.25, 0.3) is 0 Å². The highest BCUT2D eigenvalue weighted by atomic mass is 127. The van der Waals surface area contributed by atoms with Crippen LogP contribution in [-0.4, -0.2) is 6.29 Å². The lowest BCUT2D eigenvalue weighted by Gasteiger charge is -2.09. The summed E-state index contributed by atoms with van der Waals surface area (Å²) in [6, 6.07) is 7.42. The van der Waals surface area contributed by atoms with Crippen LogP contribution in [0.25, 0.3) is 11.3 Å². The highest BCUT2D eigenvalue weighted by molar-refractivity contribution is 14.1. The van der Waals surface area contributed by atoms with Gasteiger partial charge in [0.2, 0.25) is 0 Å². The number of nitrogens with zero attached hydrogens (tertiary/aromatic N) is 1. The molecule has 0 saturated heterocycles. The summed E-state index contributed by atoms with van der Waals surface area (Å²) >= 11 is 4.37. The highest BCUT2D eigenvalue weighted by Gasteiger charge is 2.16. The normalized spacial score (nSPS) is 10.1. The van der Waals surface area contributed by atoms with Crippen molar-refractivity contribution in [2.45, 2.75) is 6.92 Å². The third-order valence-corrected chi connectivity index (χ3v) is 4.77. The quantitative estimate of drug-likeness (QED) is 0.497. The van der Waals surface area contributed by atoms with Gasteiger partial charge < -0.3 is 4.42 Å². The number of furan rings is 1. The third kappa shape index (κ3) is 2.31. The second-order valence-electron chi connectivity index (χ2n) is 3.65. The average molecular weight is 463 g/mol. The molecule has 3 nitrogen and oxygen atoms in total. The van der Waals surface area contributed by atoms with Gasteiger partial charge in [-0.3, -0.25) is 4.79 Å². The fraction of sp³-hybridized carbons (Fsp3) is 0.0769. The van der Waals surface area contributed by atoms with E-state index in [4.69, 9.17) is 9.68 Å². The first kappa shape index (κ1) is 13.5. The van der Waals surface area contributed by atoms with Crippen LogP contribution in [-0.2, 0) is 0 Å². The van der Waals surface area contributed by atoms with Gasteiger partial charge in [-0.1, -0.05) is 0 Å². The third-order valence-electron chi connectivity index (χ3n) is 2.57. The maximum absolute atomic E-state index is 10.6. The number of carbonyl (C=O) groups excluding carboxylic acids is 1. The van der Waals surface area contributed by atoms with Crippen LogP contribution in [0.4, 0.5) is 0 Å². The zero-order chi connectivity index (χ0) is 13.3. The van der Waals surface area contributed by atoms with Crippen LogP contribution in [0.3, 0.4) is 0 Å². The molecule has 0 bridgehead atoms. The Kier molecular flexibility index (Phi) is 4.07. The minimum atomic E-state index is 0.304. The zero-order valence-corrected chi connectivity index (χ0v) is 13.6. The first-order valence-corrected chi connectivity index (χ1v) is 7.18. The lowest BCUT2D eigenvalue weighted by atomic mass is 10.0. The van der Waals surface area contributed by atoms with E-state index >= 15 is 0 Å². The van der Waals surface area contributed by atoms with Gasteiger partial charge in [-0.25, -0.2) is 0 Å². The molecule has 0 aliphatic heterocycles. The number of aldehydes is 1. The predicted octanol–water partition coefficient (Wildman–Crippen LogP) is 4.15. The molecular formula is C13H7I2NO2. The van der Waals surface area contributed by atoms with Crippen molar-refractivity contribution in [3.63, 3.8) is 0 Å². The molecule has 2 aromatic rings. The summed E-state index contributed by atoms with van der Waals surface area (Å²) in [5.74, 6) is 0.956. The Morgan fingerprint density at radius 2 is 2.11 bits per heavy atom. The zero-order valence-electron chi connectivity index (χ0n) is 9.33. The summed E-state index contributed by atoms with van der Waals surface area (Å²) in [6.07, 6.45) is 0.680. The van der Waals surface area contributed by atoms with Gasteiger partial charge >= 0.3 is 0 Å². The second kappa shape index (κ2) is 5.40. The first-order chi connectivity index (χ1) is 8.58. The van der Waals surface area contributed by atoms with E-state index in [-0.39, 0.29) is 0 Å². The molecule has 1 heterocycles. The van der Waals surface area contributed by atoms with E-state index in [2.05, 4.69) is 51.3 Å². The molecule has 1 aromatic heterocycles. The van der Waals surface area contributed by atoms with E-state index in [0.29, 0.717) is 23.4 Å². The van der Waals surface area contributed by atoms with Crippen molar-refractivity contribution < 1.29 is 9.21 Å². The summed E-state index contributed by atoms with van der Waals surface area (Å²) in [4.78, 5) is 10.6. The van der Waals surface area contributed by atoms with Crippen LogP contribution >= 0.6 is 45.2 Å². The van der Waals surface area contributed by atoms with E-state index in [1.54, 1.807) is 12.1 Å². The fourth-order valence-corrected chi connectivity index (χ4v) is 3.82. The van der Waals surface area contributed by atoms with Crippen LogP contribution in [0, 0.1) is 25.4 Å². The Balaban J connectivity index is 2.69. The Morgan fingerprint density at radius 1 is 1.39 bits per heavy atom. The van der Waals surface area contributed by atoms with Crippen LogP contribution < -0.4 is 0 Å². The molecule has 0 radical (unpaired) electrons. The number of nitriles is 1. The standard InChI is InChI=1S/C13H7I2NO2/c1-7-8(5-16)4-10(14)12(13(7)15)11-3-2-9(6-17)18-11/h2-4,6H,1H3. The maximum atomic E-state index is 10.6. The smallest absolute Gasteiger partial charge is 0.185 e. The number of hydrogen-bond donors (Lipinski definition) is 0. The monoisotopic (exact) mass is 463 g/mol. The molecular weight excluding hydrogens is 456 g/mol. The van der Waals surface area contributed by atoms with E-state index < -0.39 is 0 Å². The molecule has 0 unspecified atom stereocenters. The van der Waals surface area contributed by atoms with Crippen molar-refractivity contribution in [3.8, 4) is 17.4 Å². The largest absolute Gasteiger partial charge is 0.453 e. The van der Waals surface area contributed by atoms with E-state index in [1.165, 1.54) is 0 Å². The molecule has 0 aliphatic carbocycles. The van der Waals surface area contributed by atoms with Gasteiger partial charge in [-0.2, -0.15) is 5.26 Å². The Bertz CT molecular complexity index is 668. The van der Waals surface area contributed by atoms with Crippen molar-refractivity contribution in [2.24, 2.45) is 0 Å². The molecule has 0 saturated carbocycles. The van der Waals surface area contributed by atoms with Crippen molar-refractivity contribution >= 4 is 51.5 Å². The molecule has 0 aliphatic rings. The molecule has 0 fully saturated rings. The maximum Gasteiger partial charge on any atom is 0.185 e. The molecule has 1 aromatic carbocycles. The molecule has 0 amide bonds. The highest BCUT2D eigenvalue weighted by Crippen LogP contribution is 2.34. The molecule has 0 N–H and O–H groups in total. The summed E-state index contributed by atoms with van der Waals surface area (Å²) in [5, 5.41) is 9.04. The summed E-state index contributed by atoms with van der Waals surface area (Å²) in [6.45, 7) is 1.91. The fourth-order valence-electron chi connectivity index (χ4n) is 1.61. The van der Waals surface area contributed by atoms with Gasteiger partial charge in [0.05, 0.1) is 11.6 Å². The Labute approximate surface area is 131 Å². The summed E-state index contributed by atoms with van der Waals surface area (Å²) in [7, 11) is 0. The minimum Gasteiger partial charge on any atom is -0.453 e. The first-order valence-electron chi connectivity index (χ1n) is 5.02. The van der Waals surface area contributed by atoms with Gasteiger partial charge in [0.1, 0.15) is 5.76 Å². The van der Waals surface area contributed by atoms with Crippen LogP contribution in [0.2, 0.25) is 0 Å². The topological polar surface area (TPSA) is 54.0 Å². The molecule has 0 spiro atoms. The molecule has 2 rings (SSSR count). The van der Waals surface area contributed by atoms with Gasteiger partial charge in [-0.05, 0) is 75.9 Å². The number of halogens is 2. The van der Waals surface area contributed by atoms with E-state index in [9.17, 15) is 4.79 Å². The van der Waals surface area contributed by atoms with Crippen LogP contribution in [0.1, 0.15) is 21.7 Å². The van der Waals surface area contributed by atoms with E-state index in [0.717, 1.165) is 18.3 Å². The molecule has 5 heteroatoms. The lowest BCUT2D eigenvalue weighted by molar-refractivity contribution is 0.110. The summed E-state index contributed by atoms with van der Waals surface area (Å²) in [5.41, 5.74) is 2.52. The van der Waals surface area contributed by atoms with E-state index in [1.807, 2.05) is 13.0 Å². The molecule has 0 atom stereocenters. The second-order valence-corrected chi connectivity index (χ2v) is 5.89. The molecule has 18 heavy (non-hydrogen) atoms. The summed E-state index contributed by atoms with van der Waals surface area (Å²) < 4.78 is 7.36. The van der Waals surface area contributed by atoms with Crippen molar-refractivity contribution in [3.05, 3.63) is 42.2 Å². The number of benzene rings is 1. The van der Waals surface area contributed by atoms with Crippen molar-refractivity contribution in [2.75, 3.05) is 0 Å². The SMILES string of the molecule is Cc1c(C#N)cc(I)c(-c2ccc(C=O)o2)c1I. The van der Waals surface area contributed by atoms with Crippen LogP contribution in [0.5, 0.6) is 0 Å². The van der Waals surface area contributed by atoms with Gasteiger partial charge in [0, 0.05) is 12.7 Å². The van der Waals surface area contributed by atoms with Crippen molar-refractivity contribution in [1.82, 2.24) is 0 Å².